The Labute approximate surface area is 111 Å². The second-order valence-electron chi connectivity index (χ2n) is 4.16. The average molecular weight is 273 g/mol. The number of hydrogen-bond donors (Lipinski definition) is 0. The maximum absolute atomic E-state index is 6.12. The van der Waals surface area contributed by atoms with E-state index in [0.29, 0.717) is 0 Å². The topological polar surface area (TPSA) is 9.23 Å². The van der Waals surface area contributed by atoms with Gasteiger partial charge in [-0.3, -0.25) is 0 Å². The van der Waals surface area contributed by atoms with E-state index in [4.69, 9.17) is 16.1 Å². The first kappa shape index (κ1) is 14.8. The molecule has 0 unspecified atom stereocenters. The fourth-order valence-electron chi connectivity index (χ4n) is 1.53. The van der Waals surface area contributed by atoms with E-state index < -0.39 is 0 Å². The van der Waals surface area contributed by atoms with Gasteiger partial charge in [0.1, 0.15) is 5.75 Å². The van der Waals surface area contributed by atoms with Gasteiger partial charge in [0, 0.05) is 12.3 Å². The SMILES string of the molecule is CCCCP(CCCC)Oc1ccccc1Cl. The number of para-hydroxylation sites is 1. The monoisotopic (exact) mass is 272 g/mol. The summed E-state index contributed by atoms with van der Waals surface area (Å²) < 4.78 is 6.08. The first-order valence-corrected chi connectivity index (χ1v) is 8.46. The van der Waals surface area contributed by atoms with E-state index in [1.807, 2.05) is 24.3 Å². The van der Waals surface area contributed by atoms with Crippen molar-refractivity contribution in [1.29, 1.82) is 0 Å². The Morgan fingerprint density at radius 2 is 1.65 bits per heavy atom. The number of rotatable bonds is 8. The molecule has 0 atom stereocenters. The predicted molar refractivity (Wildman–Crippen MR) is 78.6 cm³/mol. The zero-order chi connectivity index (χ0) is 12.5. The molecule has 0 aliphatic heterocycles. The van der Waals surface area contributed by atoms with Crippen LogP contribution in [0.1, 0.15) is 39.5 Å². The van der Waals surface area contributed by atoms with Gasteiger partial charge in [-0.05, 0) is 25.0 Å². The van der Waals surface area contributed by atoms with Gasteiger partial charge in [0.15, 0.2) is 0 Å². The minimum Gasteiger partial charge on any atom is -0.473 e. The second kappa shape index (κ2) is 8.78. The first-order chi connectivity index (χ1) is 8.27. The van der Waals surface area contributed by atoms with Crippen molar-refractivity contribution in [2.45, 2.75) is 39.5 Å². The average Bonchev–Trinajstić information content (AvgIpc) is 2.35. The number of hydrogen-bond acceptors (Lipinski definition) is 1. The van der Waals surface area contributed by atoms with Crippen LogP contribution in [0.25, 0.3) is 0 Å². The molecule has 0 heterocycles. The molecule has 0 aliphatic rings. The van der Waals surface area contributed by atoms with E-state index in [2.05, 4.69) is 13.8 Å². The van der Waals surface area contributed by atoms with Gasteiger partial charge in [0.25, 0.3) is 0 Å². The molecule has 0 saturated carbocycles. The summed E-state index contributed by atoms with van der Waals surface area (Å²) in [6.07, 6.45) is 7.35. The Kier molecular flexibility index (Phi) is 7.64. The molecule has 96 valence electrons. The van der Waals surface area contributed by atoms with Crippen molar-refractivity contribution in [2.24, 2.45) is 0 Å². The minimum atomic E-state index is -0.349. The summed E-state index contributed by atoms with van der Waals surface area (Å²) in [4.78, 5) is 0. The maximum Gasteiger partial charge on any atom is 0.141 e. The number of halogens is 1. The van der Waals surface area contributed by atoms with Gasteiger partial charge in [-0.1, -0.05) is 50.4 Å². The third kappa shape index (κ3) is 5.75. The van der Waals surface area contributed by atoms with Crippen LogP contribution in [0, 0.1) is 0 Å². The summed E-state index contributed by atoms with van der Waals surface area (Å²) in [5.74, 6) is 0.854. The fourth-order valence-corrected chi connectivity index (χ4v) is 3.94. The highest BCUT2D eigenvalue weighted by molar-refractivity contribution is 7.52. The minimum absolute atomic E-state index is 0.349. The van der Waals surface area contributed by atoms with Crippen LogP contribution in [0.3, 0.4) is 0 Å². The third-order valence-electron chi connectivity index (χ3n) is 2.59. The molecule has 0 fully saturated rings. The Balaban J connectivity index is 2.55. The van der Waals surface area contributed by atoms with Gasteiger partial charge >= 0.3 is 0 Å². The van der Waals surface area contributed by atoms with Gasteiger partial charge in [-0.15, -0.1) is 0 Å². The number of benzene rings is 1. The Morgan fingerprint density at radius 3 is 2.18 bits per heavy atom. The van der Waals surface area contributed by atoms with E-state index in [9.17, 15) is 0 Å². The van der Waals surface area contributed by atoms with Crippen molar-refractivity contribution in [2.75, 3.05) is 12.3 Å². The zero-order valence-electron chi connectivity index (χ0n) is 10.8. The molecule has 0 N–H and O–H groups in total. The van der Waals surface area contributed by atoms with Crippen molar-refractivity contribution < 1.29 is 4.52 Å². The molecule has 0 radical (unpaired) electrons. The van der Waals surface area contributed by atoms with Crippen LogP contribution in [0.15, 0.2) is 24.3 Å². The summed E-state index contributed by atoms with van der Waals surface area (Å²) in [6, 6.07) is 7.78. The maximum atomic E-state index is 6.12. The Hall–Kier alpha value is -0.260. The van der Waals surface area contributed by atoms with Crippen LogP contribution in [-0.2, 0) is 0 Å². The molecule has 0 aromatic heterocycles. The second-order valence-corrected chi connectivity index (χ2v) is 6.61. The molecule has 1 rings (SSSR count). The van der Waals surface area contributed by atoms with E-state index >= 15 is 0 Å². The van der Waals surface area contributed by atoms with Crippen molar-refractivity contribution in [3.63, 3.8) is 0 Å². The van der Waals surface area contributed by atoms with E-state index in [-0.39, 0.29) is 8.15 Å². The highest BCUT2D eigenvalue weighted by atomic mass is 35.5. The Bertz CT molecular complexity index is 309. The van der Waals surface area contributed by atoms with Crippen LogP contribution >= 0.6 is 19.7 Å². The van der Waals surface area contributed by atoms with E-state index in [1.54, 1.807) is 0 Å². The fraction of sp³-hybridized carbons (Fsp3) is 0.571. The van der Waals surface area contributed by atoms with Gasteiger partial charge < -0.3 is 4.52 Å². The van der Waals surface area contributed by atoms with E-state index in [1.165, 1.54) is 38.0 Å². The Morgan fingerprint density at radius 1 is 1.06 bits per heavy atom. The van der Waals surface area contributed by atoms with Crippen molar-refractivity contribution >= 4 is 19.7 Å². The zero-order valence-corrected chi connectivity index (χ0v) is 12.4. The summed E-state index contributed by atoms with van der Waals surface area (Å²) in [5.41, 5.74) is 0. The molecule has 1 aromatic carbocycles. The normalized spacial score (nSPS) is 10.8. The van der Waals surface area contributed by atoms with Gasteiger partial charge in [-0.2, -0.15) is 0 Å². The lowest BCUT2D eigenvalue weighted by Gasteiger charge is -2.19. The molecule has 0 saturated heterocycles. The molecule has 1 aromatic rings. The molecule has 0 spiro atoms. The number of unbranched alkanes of at least 4 members (excludes halogenated alkanes) is 2. The van der Waals surface area contributed by atoms with Crippen LogP contribution in [0.4, 0.5) is 0 Å². The largest absolute Gasteiger partial charge is 0.473 e. The molecule has 1 nitrogen and oxygen atoms in total. The standard InChI is InChI=1S/C14H22ClOP/c1-3-5-11-17(12-6-4-2)16-14-10-8-7-9-13(14)15/h7-10H,3-6,11-12H2,1-2H3. The molecule has 17 heavy (non-hydrogen) atoms. The highest BCUT2D eigenvalue weighted by Crippen LogP contribution is 2.42. The van der Waals surface area contributed by atoms with Crippen LogP contribution in [-0.4, -0.2) is 12.3 Å². The summed E-state index contributed by atoms with van der Waals surface area (Å²) in [6.45, 7) is 4.45. The van der Waals surface area contributed by atoms with Crippen molar-refractivity contribution in [1.82, 2.24) is 0 Å². The first-order valence-electron chi connectivity index (χ1n) is 6.45. The van der Waals surface area contributed by atoms with Crippen LogP contribution in [0.2, 0.25) is 5.02 Å². The molecular formula is C14H22ClOP. The lowest BCUT2D eigenvalue weighted by atomic mass is 10.3. The summed E-state index contributed by atoms with van der Waals surface area (Å²) in [7, 11) is -0.349. The van der Waals surface area contributed by atoms with Crippen molar-refractivity contribution in [3.8, 4) is 5.75 Å². The molecule has 0 aliphatic carbocycles. The molecule has 0 bridgehead atoms. The quantitative estimate of drug-likeness (QED) is 0.550. The molecule has 0 amide bonds. The lowest BCUT2D eigenvalue weighted by molar-refractivity contribution is 0.604. The van der Waals surface area contributed by atoms with Gasteiger partial charge in [-0.25, -0.2) is 0 Å². The lowest BCUT2D eigenvalue weighted by Crippen LogP contribution is -1.98. The van der Waals surface area contributed by atoms with Gasteiger partial charge in [0.05, 0.1) is 13.2 Å². The predicted octanol–water partition coefficient (Wildman–Crippen LogP) is 5.72. The van der Waals surface area contributed by atoms with Crippen molar-refractivity contribution in [3.05, 3.63) is 29.3 Å². The highest BCUT2D eigenvalue weighted by Gasteiger charge is 2.11. The van der Waals surface area contributed by atoms with Crippen LogP contribution < -0.4 is 4.52 Å². The molecular weight excluding hydrogens is 251 g/mol. The van der Waals surface area contributed by atoms with Gasteiger partial charge in [0.2, 0.25) is 0 Å². The molecule has 3 heteroatoms. The van der Waals surface area contributed by atoms with Crippen LogP contribution in [0.5, 0.6) is 5.75 Å². The summed E-state index contributed by atoms with van der Waals surface area (Å²) in [5, 5.41) is 0.730. The smallest absolute Gasteiger partial charge is 0.141 e. The van der Waals surface area contributed by atoms with E-state index in [0.717, 1.165) is 10.8 Å². The summed E-state index contributed by atoms with van der Waals surface area (Å²) >= 11 is 6.12. The third-order valence-corrected chi connectivity index (χ3v) is 4.98.